The zero-order valence-corrected chi connectivity index (χ0v) is 14.4. The number of ether oxygens (including phenoxy) is 2. The lowest BCUT2D eigenvalue weighted by atomic mass is 10.2. The lowest BCUT2D eigenvalue weighted by molar-refractivity contribution is -0.142. The highest BCUT2D eigenvalue weighted by Crippen LogP contribution is 2.07. The minimum Gasteiger partial charge on any atom is -0.467 e. The summed E-state index contributed by atoms with van der Waals surface area (Å²) in [5.74, 6) is -1.01. The van der Waals surface area contributed by atoms with Crippen molar-refractivity contribution in [2.24, 2.45) is 0 Å². The van der Waals surface area contributed by atoms with Gasteiger partial charge in [-0.15, -0.1) is 11.3 Å². The Morgan fingerprint density at radius 3 is 2.52 bits per heavy atom. The van der Waals surface area contributed by atoms with Crippen LogP contribution in [0.3, 0.4) is 0 Å². The zero-order chi connectivity index (χ0) is 18.1. The van der Waals surface area contributed by atoms with Crippen molar-refractivity contribution in [1.29, 1.82) is 0 Å². The molecular formula is C17H18N2O5S. The topological polar surface area (TPSA) is 93.7 Å². The van der Waals surface area contributed by atoms with Gasteiger partial charge in [-0.05, 0) is 17.0 Å². The summed E-state index contributed by atoms with van der Waals surface area (Å²) in [6, 6.07) is 11.5. The normalized spacial score (nSPS) is 11.2. The van der Waals surface area contributed by atoms with Gasteiger partial charge in [0.15, 0.2) is 0 Å². The van der Waals surface area contributed by atoms with Crippen molar-refractivity contribution in [3.8, 4) is 0 Å². The number of nitrogens with one attached hydrogen (secondary N) is 2. The maximum atomic E-state index is 11.9. The number of amides is 2. The van der Waals surface area contributed by atoms with E-state index in [1.807, 2.05) is 30.3 Å². The van der Waals surface area contributed by atoms with Gasteiger partial charge in [0.25, 0.3) is 5.91 Å². The van der Waals surface area contributed by atoms with Crippen LogP contribution in [0.4, 0.5) is 4.79 Å². The second-order valence-electron chi connectivity index (χ2n) is 4.97. The molecule has 1 heterocycles. The molecule has 0 fully saturated rings. The molecular weight excluding hydrogens is 344 g/mol. The van der Waals surface area contributed by atoms with Gasteiger partial charge in [0.1, 0.15) is 12.6 Å². The third kappa shape index (κ3) is 5.92. The lowest BCUT2D eigenvalue weighted by Gasteiger charge is -2.17. The van der Waals surface area contributed by atoms with Crippen LogP contribution in [0.5, 0.6) is 0 Å². The van der Waals surface area contributed by atoms with Gasteiger partial charge in [-0.25, -0.2) is 9.59 Å². The van der Waals surface area contributed by atoms with E-state index >= 15 is 0 Å². The zero-order valence-electron chi connectivity index (χ0n) is 13.6. The summed E-state index contributed by atoms with van der Waals surface area (Å²) in [5, 5.41) is 6.74. The molecule has 2 aromatic rings. The molecule has 8 heteroatoms. The smallest absolute Gasteiger partial charge is 0.408 e. The number of carbonyl (C=O) groups excluding carboxylic acids is 3. The van der Waals surface area contributed by atoms with Gasteiger partial charge in [0, 0.05) is 6.54 Å². The van der Waals surface area contributed by atoms with E-state index in [-0.39, 0.29) is 19.1 Å². The van der Waals surface area contributed by atoms with E-state index in [9.17, 15) is 14.4 Å². The molecule has 1 unspecified atom stereocenters. The summed E-state index contributed by atoms with van der Waals surface area (Å²) in [6.45, 7) is -0.0357. The van der Waals surface area contributed by atoms with Crippen LogP contribution in [-0.2, 0) is 20.9 Å². The molecule has 0 aliphatic heterocycles. The Balaban J connectivity index is 1.85. The summed E-state index contributed by atoms with van der Waals surface area (Å²) < 4.78 is 9.70. The van der Waals surface area contributed by atoms with Crippen molar-refractivity contribution in [2.75, 3.05) is 13.7 Å². The standard InChI is InChI=1S/C17H18N2O5S/c1-23-16(21)13(10-18-15(20)14-8-5-9-25-14)19-17(22)24-11-12-6-3-2-4-7-12/h2-9,13H,10-11H2,1H3,(H,18,20)(H,19,22). The molecule has 25 heavy (non-hydrogen) atoms. The summed E-state index contributed by atoms with van der Waals surface area (Å²) in [4.78, 5) is 36.1. The van der Waals surface area contributed by atoms with E-state index in [0.717, 1.165) is 5.56 Å². The van der Waals surface area contributed by atoms with Gasteiger partial charge in [-0.3, -0.25) is 4.79 Å². The molecule has 0 saturated heterocycles. The first-order chi connectivity index (χ1) is 12.1. The molecule has 0 aliphatic carbocycles. The van der Waals surface area contributed by atoms with Crippen molar-refractivity contribution in [1.82, 2.24) is 10.6 Å². The molecule has 2 amide bonds. The number of methoxy groups -OCH3 is 1. The number of thiophene rings is 1. The lowest BCUT2D eigenvalue weighted by Crippen LogP contribution is -2.49. The Labute approximate surface area is 148 Å². The summed E-state index contributed by atoms with van der Waals surface area (Å²) in [6.07, 6.45) is -0.773. The fourth-order valence-corrected chi connectivity index (χ4v) is 2.57. The number of hydrogen-bond acceptors (Lipinski definition) is 6. The molecule has 0 bridgehead atoms. The van der Waals surface area contributed by atoms with Gasteiger partial charge in [-0.2, -0.15) is 0 Å². The van der Waals surface area contributed by atoms with Crippen LogP contribution in [-0.4, -0.2) is 37.7 Å². The first-order valence-electron chi connectivity index (χ1n) is 7.47. The van der Waals surface area contributed by atoms with Crippen LogP contribution >= 0.6 is 11.3 Å². The highest BCUT2D eigenvalue weighted by molar-refractivity contribution is 7.12. The van der Waals surface area contributed by atoms with E-state index in [2.05, 4.69) is 15.4 Å². The average molecular weight is 362 g/mol. The molecule has 1 atom stereocenters. The van der Waals surface area contributed by atoms with E-state index in [4.69, 9.17) is 4.74 Å². The van der Waals surface area contributed by atoms with Crippen LogP contribution in [0.1, 0.15) is 15.2 Å². The fourth-order valence-electron chi connectivity index (χ4n) is 1.93. The Morgan fingerprint density at radius 1 is 1.12 bits per heavy atom. The first kappa shape index (κ1) is 18.5. The highest BCUT2D eigenvalue weighted by atomic mass is 32.1. The van der Waals surface area contributed by atoms with E-state index in [1.54, 1.807) is 17.5 Å². The summed E-state index contributed by atoms with van der Waals surface area (Å²) >= 11 is 1.28. The van der Waals surface area contributed by atoms with Crippen molar-refractivity contribution in [3.63, 3.8) is 0 Å². The van der Waals surface area contributed by atoms with Crippen LogP contribution in [0.25, 0.3) is 0 Å². The molecule has 2 rings (SSSR count). The SMILES string of the molecule is COC(=O)C(CNC(=O)c1cccs1)NC(=O)OCc1ccccc1. The summed E-state index contributed by atoms with van der Waals surface area (Å²) in [5.41, 5.74) is 0.818. The number of benzene rings is 1. The van der Waals surface area contributed by atoms with E-state index in [1.165, 1.54) is 18.4 Å². The van der Waals surface area contributed by atoms with Crippen molar-refractivity contribution < 1.29 is 23.9 Å². The Bertz CT molecular complexity index is 703. The van der Waals surface area contributed by atoms with Gasteiger partial charge < -0.3 is 20.1 Å². The van der Waals surface area contributed by atoms with Gasteiger partial charge >= 0.3 is 12.1 Å². The molecule has 0 spiro atoms. The molecule has 2 N–H and O–H groups in total. The number of esters is 1. The van der Waals surface area contributed by atoms with Gasteiger partial charge in [-0.1, -0.05) is 36.4 Å². The second-order valence-corrected chi connectivity index (χ2v) is 5.92. The quantitative estimate of drug-likeness (QED) is 0.734. The van der Waals surface area contributed by atoms with Crippen molar-refractivity contribution in [3.05, 3.63) is 58.3 Å². The monoisotopic (exact) mass is 362 g/mol. The minimum absolute atomic E-state index is 0.0715. The van der Waals surface area contributed by atoms with Crippen LogP contribution < -0.4 is 10.6 Å². The van der Waals surface area contributed by atoms with Crippen LogP contribution in [0.15, 0.2) is 47.8 Å². The Kier molecular flexibility index (Phi) is 6.97. The molecule has 132 valence electrons. The molecule has 0 saturated carbocycles. The van der Waals surface area contributed by atoms with Gasteiger partial charge in [0.05, 0.1) is 12.0 Å². The number of rotatable bonds is 7. The van der Waals surface area contributed by atoms with Crippen LogP contribution in [0, 0.1) is 0 Å². The number of alkyl carbamates (subject to hydrolysis) is 1. The van der Waals surface area contributed by atoms with E-state index < -0.39 is 18.1 Å². The first-order valence-corrected chi connectivity index (χ1v) is 8.35. The highest BCUT2D eigenvalue weighted by Gasteiger charge is 2.23. The maximum absolute atomic E-state index is 11.9. The fraction of sp³-hybridized carbons (Fsp3) is 0.235. The predicted molar refractivity (Wildman–Crippen MR) is 92.2 cm³/mol. The molecule has 0 radical (unpaired) electrons. The van der Waals surface area contributed by atoms with Gasteiger partial charge in [0.2, 0.25) is 0 Å². The third-order valence-corrected chi connectivity index (χ3v) is 4.07. The predicted octanol–water partition coefficient (Wildman–Crippen LogP) is 1.95. The third-order valence-electron chi connectivity index (χ3n) is 3.20. The second kappa shape index (κ2) is 9.43. The molecule has 1 aromatic carbocycles. The minimum atomic E-state index is -1.04. The average Bonchev–Trinajstić information content (AvgIpc) is 3.18. The van der Waals surface area contributed by atoms with Crippen molar-refractivity contribution in [2.45, 2.75) is 12.6 Å². The largest absolute Gasteiger partial charge is 0.467 e. The molecule has 7 nitrogen and oxygen atoms in total. The molecule has 1 aromatic heterocycles. The number of carbonyl (C=O) groups is 3. The van der Waals surface area contributed by atoms with Crippen molar-refractivity contribution >= 4 is 29.3 Å². The van der Waals surface area contributed by atoms with Crippen LogP contribution in [0.2, 0.25) is 0 Å². The Morgan fingerprint density at radius 2 is 1.88 bits per heavy atom. The summed E-state index contributed by atoms with van der Waals surface area (Å²) in [7, 11) is 1.20. The maximum Gasteiger partial charge on any atom is 0.408 e. The Hall–Kier alpha value is -2.87. The molecule has 0 aliphatic rings. The van der Waals surface area contributed by atoms with E-state index in [0.29, 0.717) is 4.88 Å². The number of hydrogen-bond donors (Lipinski definition) is 2.